The van der Waals surface area contributed by atoms with Crippen LogP contribution in [0.2, 0.25) is 0 Å². The third-order valence-corrected chi connectivity index (χ3v) is 3.85. The van der Waals surface area contributed by atoms with Crippen molar-refractivity contribution in [2.24, 2.45) is 0 Å². The van der Waals surface area contributed by atoms with Crippen LogP contribution in [-0.4, -0.2) is 38.3 Å². The minimum atomic E-state index is -1.51. The largest absolute Gasteiger partial charge is 0.479 e. The Bertz CT molecular complexity index is 555. The van der Waals surface area contributed by atoms with Gasteiger partial charge in [0.05, 0.1) is 0 Å². The Balaban J connectivity index is 2.19. The van der Waals surface area contributed by atoms with Gasteiger partial charge in [0, 0.05) is 18.4 Å². The Morgan fingerprint density at radius 3 is 2.15 bits per heavy atom. The number of hydrogen-bond donors (Lipinski definition) is 1. The third-order valence-electron chi connectivity index (χ3n) is 2.76. The molecule has 104 valence electrons. The Labute approximate surface area is 118 Å². The van der Waals surface area contributed by atoms with E-state index in [1.54, 1.807) is 30.3 Å². The molecule has 1 fully saturated rings. The number of carboxylic acids is 1. The summed E-state index contributed by atoms with van der Waals surface area (Å²) in [7, 11) is 0. The molecule has 1 heterocycles. The van der Waals surface area contributed by atoms with E-state index in [-0.39, 0.29) is 12.8 Å². The van der Waals surface area contributed by atoms with Gasteiger partial charge in [0.2, 0.25) is 16.9 Å². The summed E-state index contributed by atoms with van der Waals surface area (Å²) >= 11 is 0.456. The molecule has 1 aliphatic rings. The minimum Gasteiger partial charge on any atom is -0.479 e. The zero-order valence-corrected chi connectivity index (χ0v) is 11.1. The number of aliphatic carboxylic acids is 1. The molecule has 0 unspecified atom stereocenters. The summed E-state index contributed by atoms with van der Waals surface area (Å²) in [5.74, 6) is -2.51. The Morgan fingerprint density at radius 1 is 1.10 bits per heavy atom. The number of benzene rings is 1. The molecule has 1 aliphatic heterocycles. The number of hydrogen-bond acceptors (Lipinski definition) is 5. The summed E-state index contributed by atoms with van der Waals surface area (Å²) in [6.45, 7) is 0. The molecule has 20 heavy (non-hydrogen) atoms. The molecular formula is C13H11NO5S. The number of carbonyl (C=O) groups is 4. The van der Waals surface area contributed by atoms with Gasteiger partial charge in [0.1, 0.15) is 0 Å². The van der Waals surface area contributed by atoms with Crippen molar-refractivity contribution in [1.82, 2.24) is 4.90 Å². The summed E-state index contributed by atoms with van der Waals surface area (Å²) < 4.78 is 0. The van der Waals surface area contributed by atoms with E-state index < -0.39 is 28.3 Å². The fraction of sp³-hybridized carbons (Fsp3) is 0.231. The second-order valence-corrected chi connectivity index (χ2v) is 5.17. The molecule has 0 saturated carbocycles. The first-order valence-corrected chi connectivity index (χ1v) is 6.72. The summed E-state index contributed by atoms with van der Waals surface area (Å²) in [6, 6.07) is 8.11. The first-order valence-electron chi connectivity index (χ1n) is 5.84. The van der Waals surface area contributed by atoms with Crippen molar-refractivity contribution in [3.63, 3.8) is 0 Å². The van der Waals surface area contributed by atoms with Crippen molar-refractivity contribution in [2.75, 3.05) is 0 Å². The topological polar surface area (TPSA) is 91.8 Å². The van der Waals surface area contributed by atoms with Crippen LogP contribution in [-0.2, 0) is 14.4 Å². The zero-order chi connectivity index (χ0) is 14.7. The van der Waals surface area contributed by atoms with Crippen LogP contribution in [0.1, 0.15) is 23.2 Å². The molecular weight excluding hydrogens is 282 g/mol. The van der Waals surface area contributed by atoms with E-state index in [2.05, 4.69) is 0 Å². The quantitative estimate of drug-likeness (QED) is 0.836. The van der Waals surface area contributed by atoms with Crippen LogP contribution in [0.3, 0.4) is 0 Å². The van der Waals surface area contributed by atoms with E-state index in [1.807, 2.05) is 0 Å². The molecule has 0 spiro atoms. The molecule has 0 aliphatic carbocycles. The maximum absolute atomic E-state index is 12.0. The Morgan fingerprint density at radius 2 is 1.65 bits per heavy atom. The number of amides is 2. The van der Waals surface area contributed by atoms with Crippen molar-refractivity contribution in [1.29, 1.82) is 0 Å². The van der Waals surface area contributed by atoms with Gasteiger partial charge in [-0.25, -0.2) is 4.79 Å². The first-order chi connectivity index (χ1) is 9.50. The number of carbonyl (C=O) groups excluding carboxylic acids is 3. The average molecular weight is 293 g/mol. The number of likely N-dealkylation sites (tertiary alicyclic amines) is 1. The van der Waals surface area contributed by atoms with Gasteiger partial charge in [-0.3, -0.25) is 19.3 Å². The summed E-state index contributed by atoms with van der Waals surface area (Å²) in [4.78, 5) is 47.0. The van der Waals surface area contributed by atoms with Gasteiger partial charge in [-0.1, -0.05) is 30.3 Å². The van der Waals surface area contributed by atoms with Crippen molar-refractivity contribution < 1.29 is 24.3 Å². The van der Waals surface area contributed by atoms with Crippen LogP contribution in [0.25, 0.3) is 0 Å². The number of nitrogens with zero attached hydrogens (tertiary/aromatic N) is 1. The van der Waals surface area contributed by atoms with E-state index in [0.29, 0.717) is 22.2 Å². The molecule has 0 radical (unpaired) electrons. The summed E-state index contributed by atoms with van der Waals surface area (Å²) in [6.07, 6.45) is -0.0224. The standard InChI is InChI=1S/C13H11NO5S/c15-9-6-7-10(16)14(9)11(12(17)18)20-13(19)8-4-2-1-3-5-8/h1-5,11H,6-7H2,(H,17,18)/t11-/m0/s1. The lowest BCUT2D eigenvalue weighted by Crippen LogP contribution is -2.43. The lowest BCUT2D eigenvalue weighted by molar-refractivity contribution is -0.150. The molecule has 1 N–H and O–H groups in total. The minimum absolute atomic E-state index is 0.0112. The number of carboxylic acid groups (broad SMARTS) is 1. The van der Waals surface area contributed by atoms with E-state index >= 15 is 0 Å². The highest BCUT2D eigenvalue weighted by atomic mass is 32.2. The third kappa shape index (κ3) is 2.88. The molecule has 1 aromatic rings. The fourth-order valence-electron chi connectivity index (χ4n) is 1.81. The lowest BCUT2D eigenvalue weighted by atomic mass is 10.2. The highest BCUT2D eigenvalue weighted by Crippen LogP contribution is 2.26. The zero-order valence-electron chi connectivity index (χ0n) is 10.3. The predicted molar refractivity (Wildman–Crippen MR) is 70.9 cm³/mol. The van der Waals surface area contributed by atoms with E-state index in [4.69, 9.17) is 5.11 Å². The van der Waals surface area contributed by atoms with Crippen LogP contribution in [0, 0.1) is 0 Å². The normalized spacial score (nSPS) is 16.3. The Hall–Kier alpha value is -2.15. The van der Waals surface area contributed by atoms with Gasteiger partial charge in [-0.05, 0) is 11.8 Å². The van der Waals surface area contributed by atoms with Crippen molar-refractivity contribution in [3.05, 3.63) is 35.9 Å². The Kier molecular flexibility index (Phi) is 4.19. The van der Waals surface area contributed by atoms with Crippen LogP contribution < -0.4 is 0 Å². The summed E-state index contributed by atoms with van der Waals surface area (Å²) in [5, 5.41) is 7.14. The fourth-order valence-corrected chi connectivity index (χ4v) is 2.73. The number of imide groups is 1. The molecule has 0 bridgehead atoms. The van der Waals surface area contributed by atoms with Crippen molar-refractivity contribution in [2.45, 2.75) is 18.2 Å². The molecule has 2 amide bonds. The van der Waals surface area contributed by atoms with Gasteiger partial charge in [0.25, 0.3) is 0 Å². The highest BCUT2D eigenvalue weighted by molar-refractivity contribution is 8.15. The average Bonchev–Trinajstić information content (AvgIpc) is 2.76. The van der Waals surface area contributed by atoms with Crippen molar-refractivity contribution in [3.8, 4) is 0 Å². The molecule has 1 aromatic carbocycles. The smallest absolute Gasteiger partial charge is 0.338 e. The van der Waals surface area contributed by atoms with Crippen LogP contribution in [0.4, 0.5) is 0 Å². The predicted octanol–water partition coefficient (Wildman–Crippen LogP) is 1.12. The van der Waals surface area contributed by atoms with E-state index in [1.165, 1.54) is 0 Å². The monoisotopic (exact) mass is 293 g/mol. The van der Waals surface area contributed by atoms with E-state index in [0.717, 1.165) is 0 Å². The van der Waals surface area contributed by atoms with Crippen LogP contribution in [0.5, 0.6) is 0 Å². The van der Waals surface area contributed by atoms with Crippen LogP contribution >= 0.6 is 11.8 Å². The highest BCUT2D eigenvalue weighted by Gasteiger charge is 2.40. The van der Waals surface area contributed by atoms with Gasteiger partial charge in [-0.2, -0.15) is 0 Å². The van der Waals surface area contributed by atoms with Gasteiger partial charge in [-0.15, -0.1) is 0 Å². The number of rotatable bonds is 4. The molecule has 6 nitrogen and oxygen atoms in total. The van der Waals surface area contributed by atoms with Crippen molar-refractivity contribution >= 4 is 34.7 Å². The van der Waals surface area contributed by atoms with Gasteiger partial charge in [0.15, 0.2) is 5.37 Å². The van der Waals surface area contributed by atoms with E-state index in [9.17, 15) is 19.2 Å². The molecule has 1 atom stereocenters. The van der Waals surface area contributed by atoms with Gasteiger partial charge < -0.3 is 5.11 Å². The second-order valence-electron chi connectivity index (χ2n) is 4.12. The maximum atomic E-state index is 12.0. The SMILES string of the molecule is O=C(S[C@@H](C(=O)O)N1C(=O)CCC1=O)c1ccccc1. The molecule has 7 heteroatoms. The lowest BCUT2D eigenvalue weighted by Gasteiger charge is -2.20. The van der Waals surface area contributed by atoms with Crippen LogP contribution in [0.15, 0.2) is 30.3 Å². The molecule has 0 aromatic heterocycles. The summed E-state index contributed by atoms with van der Waals surface area (Å²) in [5.41, 5.74) is 0.322. The molecule has 1 saturated heterocycles. The van der Waals surface area contributed by atoms with Gasteiger partial charge >= 0.3 is 5.97 Å². The first kappa shape index (κ1) is 14.3. The maximum Gasteiger partial charge on any atom is 0.338 e. The second kappa shape index (κ2) is 5.87. The molecule has 2 rings (SSSR count). The number of thioether (sulfide) groups is 1.